The summed E-state index contributed by atoms with van der Waals surface area (Å²) >= 11 is 7.46. The minimum absolute atomic E-state index is 0.0631. The van der Waals surface area contributed by atoms with Gasteiger partial charge in [0.25, 0.3) is 0 Å². The first-order valence-corrected chi connectivity index (χ1v) is 6.64. The lowest BCUT2D eigenvalue weighted by Crippen LogP contribution is -1.99. The number of halogens is 1. The molecule has 3 nitrogen and oxygen atoms in total. The predicted molar refractivity (Wildman–Crippen MR) is 74.9 cm³/mol. The number of thiazole rings is 1. The van der Waals surface area contributed by atoms with E-state index in [1.165, 1.54) is 11.3 Å². The standard InChI is InChI=1S/C13H12ClN3S/c1-7(12-8(2)17-13(16)18-12)11-5-10(14)4-3-9(11)6-15/h3-5,7H,1-2H3,(H2,16,17). The van der Waals surface area contributed by atoms with Crippen LogP contribution in [0.5, 0.6) is 0 Å². The van der Waals surface area contributed by atoms with E-state index < -0.39 is 0 Å². The molecule has 2 aromatic rings. The van der Waals surface area contributed by atoms with Gasteiger partial charge in [0.1, 0.15) is 0 Å². The molecule has 0 radical (unpaired) electrons. The van der Waals surface area contributed by atoms with Crippen molar-refractivity contribution in [1.82, 2.24) is 4.98 Å². The first-order chi connectivity index (χ1) is 8.52. The Bertz CT molecular complexity index is 628. The number of nitriles is 1. The molecule has 2 rings (SSSR count). The van der Waals surface area contributed by atoms with Crippen molar-refractivity contribution in [3.05, 3.63) is 44.9 Å². The third kappa shape index (κ3) is 2.33. The maximum atomic E-state index is 9.15. The van der Waals surface area contributed by atoms with Crippen molar-refractivity contribution in [3.8, 4) is 6.07 Å². The summed E-state index contributed by atoms with van der Waals surface area (Å²) in [7, 11) is 0. The zero-order valence-corrected chi connectivity index (χ0v) is 11.6. The van der Waals surface area contributed by atoms with Crippen LogP contribution in [0.15, 0.2) is 18.2 Å². The summed E-state index contributed by atoms with van der Waals surface area (Å²) in [5, 5.41) is 10.3. The SMILES string of the molecule is Cc1nc(N)sc1C(C)c1cc(Cl)ccc1C#N. The summed E-state index contributed by atoms with van der Waals surface area (Å²) in [6.07, 6.45) is 0. The average molecular weight is 278 g/mol. The molecule has 5 heteroatoms. The van der Waals surface area contributed by atoms with Gasteiger partial charge in [-0.05, 0) is 30.7 Å². The van der Waals surface area contributed by atoms with Crippen molar-refractivity contribution < 1.29 is 0 Å². The Balaban J connectivity index is 2.52. The predicted octanol–water partition coefficient (Wildman–Crippen LogP) is 3.71. The lowest BCUT2D eigenvalue weighted by Gasteiger charge is -2.12. The maximum Gasteiger partial charge on any atom is 0.180 e. The van der Waals surface area contributed by atoms with Crippen LogP contribution in [0.1, 0.15) is 34.5 Å². The van der Waals surface area contributed by atoms with Gasteiger partial charge in [0.2, 0.25) is 0 Å². The molecule has 1 aromatic heterocycles. The Morgan fingerprint density at radius 1 is 1.50 bits per heavy atom. The molecule has 2 N–H and O–H groups in total. The average Bonchev–Trinajstić information content (AvgIpc) is 2.67. The van der Waals surface area contributed by atoms with Crippen LogP contribution >= 0.6 is 22.9 Å². The number of aryl methyl sites for hydroxylation is 1. The normalized spacial score (nSPS) is 12.1. The molecular weight excluding hydrogens is 266 g/mol. The molecule has 1 heterocycles. The highest BCUT2D eigenvalue weighted by Gasteiger charge is 2.18. The zero-order valence-electron chi connectivity index (χ0n) is 10.1. The molecule has 0 spiro atoms. The summed E-state index contributed by atoms with van der Waals surface area (Å²) in [6, 6.07) is 7.50. The summed E-state index contributed by atoms with van der Waals surface area (Å²) < 4.78 is 0. The quantitative estimate of drug-likeness (QED) is 0.910. The summed E-state index contributed by atoms with van der Waals surface area (Å²) in [5.41, 5.74) is 8.17. The number of benzene rings is 1. The minimum Gasteiger partial charge on any atom is -0.375 e. The second-order valence-electron chi connectivity index (χ2n) is 4.07. The lowest BCUT2D eigenvalue weighted by molar-refractivity contribution is 0.922. The molecule has 0 aliphatic rings. The summed E-state index contributed by atoms with van der Waals surface area (Å²) in [5.74, 6) is 0.0631. The Morgan fingerprint density at radius 3 is 2.78 bits per heavy atom. The molecule has 0 aliphatic heterocycles. The molecule has 92 valence electrons. The number of nitrogens with two attached hydrogens (primary N) is 1. The van der Waals surface area contributed by atoms with Crippen LogP contribution in [0.4, 0.5) is 5.13 Å². The third-order valence-corrected chi connectivity index (χ3v) is 4.25. The Kier molecular flexibility index (Phi) is 3.55. The number of anilines is 1. The Morgan fingerprint density at radius 2 is 2.22 bits per heavy atom. The number of hydrogen-bond donors (Lipinski definition) is 1. The van der Waals surface area contributed by atoms with Gasteiger partial charge in [-0.3, -0.25) is 0 Å². The molecule has 18 heavy (non-hydrogen) atoms. The molecule has 0 fully saturated rings. The van der Waals surface area contributed by atoms with E-state index in [0.29, 0.717) is 15.7 Å². The largest absolute Gasteiger partial charge is 0.375 e. The third-order valence-electron chi connectivity index (χ3n) is 2.84. The van der Waals surface area contributed by atoms with Gasteiger partial charge in [-0.1, -0.05) is 18.5 Å². The van der Waals surface area contributed by atoms with Crippen LogP contribution in [-0.4, -0.2) is 4.98 Å². The van der Waals surface area contributed by atoms with Crippen molar-refractivity contribution in [1.29, 1.82) is 5.26 Å². The second kappa shape index (κ2) is 4.97. The van der Waals surface area contributed by atoms with E-state index in [1.807, 2.05) is 19.9 Å². The topological polar surface area (TPSA) is 62.7 Å². The molecule has 0 saturated carbocycles. The zero-order chi connectivity index (χ0) is 13.3. The first kappa shape index (κ1) is 12.9. The first-order valence-electron chi connectivity index (χ1n) is 5.45. The fourth-order valence-electron chi connectivity index (χ4n) is 1.97. The molecule has 0 saturated heterocycles. The van der Waals surface area contributed by atoms with Gasteiger partial charge in [0, 0.05) is 15.8 Å². The highest BCUT2D eigenvalue weighted by molar-refractivity contribution is 7.15. The van der Waals surface area contributed by atoms with Gasteiger partial charge in [0.05, 0.1) is 17.3 Å². The van der Waals surface area contributed by atoms with Crippen molar-refractivity contribution in [2.45, 2.75) is 19.8 Å². The van der Waals surface area contributed by atoms with Crippen molar-refractivity contribution in [2.24, 2.45) is 0 Å². The number of nitrogens with zero attached hydrogens (tertiary/aromatic N) is 2. The minimum atomic E-state index is 0.0631. The fraction of sp³-hybridized carbons (Fsp3) is 0.231. The van der Waals surface area contributed by atoms with Crippen LogP contribution in [0, 0.1) is 18.3 Å². The van der Waals surface area contributed by atoms with Gasteiger partial charge in [-0.2, -0.15) is 5.26 Å². The van der Waals surface area contributed by atoms with Crippen molar-refractivity contribution >= 4 is 28.1 Å². The molecule has 0 amide bonds. The van der Waals surface area contributed by atoms with E-state index >= 15 is 0 Å². The maximum absolute atomic E-state index is 9.15. The Labute approximate surface area is 115 Å². The molecule has 1 atom stereocenters. The molecule has 0 aliphatic carbocycles. The molecule has 1 unspecified atom stereocenters. The van der Waals surface area contributed by atoms with Gasteiger partial charge >= 0.3 is 0 Å². The van der Waals surface area contributed by atoms with E-state index in [1.54, 1.807) is 12.1 Å². The summed E-state index contributed by atoms with van der Waals surface area (Å²) in [4.78, 5) is 5.29. The van der Waals surface area contributed by atoms with Gasteiger partial charge < -0.3 is 5.73 Å². The number of rotatable bonds is 2. The number of aromatic nitrogens is 1. The van der Waals surface area contributed by atoms with E-state index in [2.05, 4.69) is 11.1 Å². The van der Waals surface area contributed by atoms with Crippen molar-refractivity contribution in [3.63, 3.8) is 0 Å². The van der Waals surface area contributed by atoms with E-state index in [4.69, 9.17) is 22.6 Å². The number of nitrogen functional groups attached to an aromatic ring is 1. The van der Waals surface area contributed by atoms with Crippen LogP contribution in [0.25, 0.3) is 0 Å². The van der Waals surface area contributed by atoms with E-state index in [0.717, 1.165) is 16.1 Å². The van der Waals surface area contributed by atoms with Crippen LogP contribution in [-0.2, 0) is 0 Å². The lowest BCUT2D eigenvalue weighted by atomic mass is 9.94. The number of hydrogen-bond acceptors (Lipinski definition) is 4. The van der Waals surface area contributed by atoms with Gasteiger partial charge in [-0.15, -0.1) is 11.3 Å². The van der Waals surface area contributed by atoms with E-state index in [-0.39, 0.29) is 5.92 Å². The summed E-state index contributed by atoms with van der Waals surface area (Å²) in [6.45, 7) is 3.96. The fourth-order valence-corrected chi connectivity index (χ4v) is 3.05. The van der Waals surface area contributed by atoms with Crippen molar-refractivity contribution in [2.75, 3.05) is 5.73 Å². The van der Waals surface area contributed by atoms with Crippen LogP contribution < -0.4 is 5.73 Å². The van der Waals surface area contributed by atoms with Gasteiger partial charge in [0.15, 0.2) is 5.13 Å². The van der Waals surface area contributed by atoms with Gasteiger partial charge in [-0.25, -0.2) is 4.98 Å². The monoisotopic (exact) mass is 277 g/mol. The molecule has 1 aromatic carbocycles. The molecular formula is C13H12ClN3S. The smallest absolute Gasteiger partial charge is 0.180 e. The highest BCUT2D eigenvalue weighted by atomic mass is 35.5. The van der Waals surface area contributed by atoms with Crippen LogP contribution in [0.2, 0.25) is 5.02 Å². The Hall–Kier alpha value is -1.57. The second-order valence-corrected chi connectivity index (χ2v) is 5.57. The molecule has 0 bridgehead atoms. The van der Waals surface area contributed by atoms with E-state index in [9.17, 15) is 0 Å². The van der Waals surface area contributed by atoms with Crippen LogP contribution in [0.3, 0.4) is 0 Å². The highest BCUT2D eigenvalue weighted by Crippen LogP contribution is 2.35.